The Balaban J connectivity index is 2.59. The topological polar surface area (TPSA) is 63.6 Å². The van der Waals surface area contributed by atoms with E-state index in [1.54, 1.807) is 6.92 Å². The maximum atomic E-state index is 12.2. The van der Waals surface area contributed by atoms with E-state index >= 15 is 0 Å². The summed E-state index contributed by atoms with van der Waals surface area (Å²) in [7, 11) is 0. The Labute approximate surface area is 126 Å². The number of hydrogen-bond donors (Lipinski definition) is 1. The van der Waals surface area contributed by atoms with Crippen LogP contribution in [-0.4, -0.2) is 17.0 Å². The van der Waals surface area contributed by atoms with Crippen LogP contribution in [0.1, 0.15) is 45.1 Å². The van der Waals surface area contributed by atoms with Gasteiger partial charge in [-0.15, -0.1) is 0 Å². The monoisotopic (exact) mass is 292 g/mol. The van der Waals surface area contributed by atoms with E-state index in [9.17, 15) is 9.59 Å². The van der Waals surface area contributed by atoms with Gasteiger partial charge in [-0.05, 0) is 12.0 Å². The number of unbranched alkanes of at least 4 members (excludes halogenated alkanes) is 2. The average Bonchev–Trinajstić information content (AvgIpc) is 2.49. The van der Waals surface area contributed by atoms with Crippen molar-refractivity contribution in [1.29, 1.82) is 0 Å². The van der Waals surface area contributed by atoms with E-state index in [1.807, 2.05) is 30.3 Å². The van der Waals surface area contributed by atoms with Gasteiger partial charge in [0, 0.05) is 0 Å². The fraction of sp³-hybridized carbons (Fsp3) is 0.529. The number of aliphatic carboxylic acids is 1. The molecule has 4 heteroatoms. The van der Waals surface area contributed by atoms with E-state index in [-0.39, 0.29) is 6.61 Å². The summed E-state index contributed by atoms with van der Waals surface area (Å²) in [5, 5.41) is 9.14. The highest BCUT2D eigenvalue weighted by Crippen LogP contribution is 2.22. The van der Waals surface area contributed by atoms with Crippen molar-refractivity contribution in [2.75, 3.05) is 0 Å². The SMILES string of the molecule is CCCCCC(C(=O)OCc1ccccc1)C(C)C(=O)O. The highest BCUT2D eigenvalue weighted by Gasteiger charge is 2.30. The van der Waals surface area contributed by atoms with Crippen LogP contribution in [0.3, 0.4) is 0 Å². The molecule has 0 amide bonds. The van der Waals surface area contributed by atoms with Crippen LogP contribution in [0.15, 0.2) is 30.3 Å². The minimum atomic E-state index is -0.951. The van der Waals surface area contributed by atoms with Crippen molar-refractivity contribution in [3.8, 4) is 0 Å². The summed E-state index contributed by atoms with van der Waals surface area (Å²) in [5.74, 6) is -2.65. The number of rotatable bonds is 9. The van der Waals surface area contributed by atoms with Gasteiger partial charge in [-0.25, -0.2) is 0 Å². The molecule has 1 aromatic carbocycles. The van der Waals surface area contributed by atoms with E-state index < -0.39 is 23.8 Å². The normalized spacial score (nSPS) is 13.4. The predicted octanol–water partition coefficient (Wildman–Crippen LogP) is 3.65. The Hall–Kier alpha value is -1.84. The van der Waals surface area contributed by atoms with E-state index in [2.05, 4.69) is 6.92 Å². The number of hydrogen-bond acceptors (Lipinski definition) is 3. The van der Waals surface area contributed by atoms with Gasteiger partial charge in [0.05, 0.1) is 11.8 Å². The van der Waals surface area contributed by atoms with Crippen molar-refractivity contribution in [1.82, 2.24) is 0 Å². The molecule has 21 heavy (non-hydrogen) atoms. The van der Waals surface area contributed by atoms with Crippen molar-refractivity contribution in [2.45, 2.75) is 46.1 Å². The van der Waals surface area contributed by atoms with E-state index in [0.29, 0.717) is 6.42 Å². The minimum absolute atomic E-state index is 0.191. The van der Waals surface area contributed by atoms with Crippen molar-refractivity contribution in [2.24, 2.45) is 11.8 Å². The average molecular weight is 292 g/mol. The lowest BCUT2D eigenvalue weighted by molar-refractivity contribution is -0.158. The van der Waals surface area contributed by atoms with Crippen LogP contribution < -0.4 is 0 Å². The molecular formula is C17H24O4. The zero-order valence-corrected chi connectivity index (χ0v) is 12.7. The molecule has 0 aliphatic rings. The number of carboxylic acids is 1. The third-order valence-electron chi connectivity index (χ3n) is 3.64. The fourth-order valence-electron chi connectivity index (χ4n) is 2.19. The van der Waals surface area contributed by atoms with Crippen LogP contribution in [0.5, 0.6) is 0 Å². The summed E-state index contributed by atoms with van der Waals surface area (Å²) in [4.78, 5) is 23.3. The van der Waals surface area contributed by atoms with Crippen LogP contribution in [0, 0.1) is 11.8 Å². The second-order valence-electron chi connectivity index (χ2n) is 5.32. The molecule has 0 saturated carbocycles. The van der Waals surface area contributed by atoms with Gasteiger partial charge >= 0.3 is 11.9 Å². The molecule has 0 bridgehead atoms. The number of carbonyl (C=O) groups is 2. The van der Waals surface area contributed by atoms with E-state index in [4.69, 9.17) is 9.84 Å². The third-order valence-corrected chi connectivity index (χ3v) is 3.64. The molecule has 1 N–H and O–H groups in total. The fourth-order valence-corrected chi connectivity index (χ4v) is 2.19. The van der Waals surface area contributed by atoms with Crippen molar-refractivity contribution < 1.29 is 19.4 Å². The van der Waals surface area contributed by atoms with Gasteiger partial charge in [-0.2, -0.15) is 0 Å². The predicted molar refractivity (Wildman–Crippen MR) is 80.7 cm³/mol. The molecule has 0 aliphatic carbocycles. The molecule has 4 nitrogen and oxygen atoms in total. The van der Waals surface area contributed by atoms with Gasteiger partial charge in [0.2, 0.25) is 0 Å². The van der Waals surface area contributed by atoms with Crippen LogP contribution in [0.4, 0.5) is 0 Å². The number of ether oxygens (including phenoxy) is 1. The van der Waals surface area contributed by atoms with Gasteiger partial charge in [0.1, 0.15) is 6.61 Å². The Kier molecular flexibility index (Phi) is 7.51. The molecule has 0 radical (unpaired) electrons. The summed E-state index contributed by atoms with van der Waals surface area (Å²) in [6.07, 6.45) is 3.44. The van der Waals surface area contributed by atoms with Gasteiger partial charge in [-0.1, -0.05) is 63.4 Å². The van der Waals surface area contributed by atoms with Crippen LogP contribution in [0.25, 0.3) is 0 Å². The number of carboxylic acid groups (broad SMARTS) is 1. The summed E-state index contributed by atoms with van der Waals surface area (Å²) in [5.41, 5.74) is 0.904. The lowest BCUT2D eigenvalue weighted by atomic mass is 9.89. The first kappa shape index (κ1) is 17.2. The molecule has 2 unspecified atom stereocenters. The highest BCUT2D eigenvalue weighted by molar-refractivity contribution is 5.80. The van der Waals surface area contributed by atoms with Gasteiger partial charge in [0.25, 0.3) is 0 Å². The summed E-state index contributed by atoms with van der Waals surface area (Å²) >= 11 is 0. The van der Waals surface area contributed by atoms with Crippen molar-refractivity contribution >= 4 is 11.9 Å². The lowest BCUT2D eigenvalue weighted by Crippen LogP contribution is -2.29. The standard InChI is InChI=1S/C17H24O4/c1-3-4-6-11-15(13(2)16(18)19)17(20)21-12-14-9-7-5-8-10-14/h5,7-10,13,15H,3-4,6,11-12H2,1-2H3,(H,18,19). The highest BCUT2D eigenvalue weighted by atomic mass is 16.5. The molecule has 0 fully saturated rings. The molecule has 0 spiro atoms. The van der Waals surface area contributed by atoms with E-state index in [1.165, 1.54) is 0 Å². The maximum absolute atomic E-state index is 12.2. The molecule has 0 aliphatic heterocycles. The first-order chi connectivity index (χ1) is 10.1. The Morgan fingerprint density at radius 2 is 1.86 bits per heavy atom. The minimum Gasteiger partial charge on any atom is -0.481 e. The molecule has 116 valence electrons. The largest absolute Gasteiger partial charge is 0.481 e. The third kappa shape index (κ3) is 5.98. The van der Waals surface area contributed by atoms with Crippen LogP contribution >= 0.6 is 0 Å². The van der Waals surface area contributed by atoms with E-state index in [0.717, 1.165) is 24.8 Å². The molecular weight excluding hydrogens is 268 g/mol. The Morgan fingerprint density at radius 3 is 2.43 bits per heavy atom. The molecule has 1 rings (SSSR count). The maximum Gasteiger partial charge on any atom is 0.310 e. The summed E-state index contributed by atoms with van der Waals surface area (Å²) in [6, 6.07) is 9.40. The molecule has 0 aromatic heterocycles. The Morgan fingerprint density at radius 1 is 1.19 bits per heavy atom. The molecule has 1 aromatic rings. The van der Waals surface area contributed by atoms with Gasteiger partial charge < -0.3 is 9.84 Å². The number of carbonyl (C=O) groups excluding carboxylic acids is 1. The first-order valence-electron chi connectivity index (χ1n) is 7.49. The molecule has 0 heterocycles. The molecule has 2 atom stereocenters. The lowest BCUT2D eigenvalue weighted by Gasteiger charge is -2.19. The second kappa shape index (κ2) is 9.16. The van der Waals surface area contributed by atoms with Crippen molar-refractivity contribution in [3.05, 3.63) is 35.9 Å². The summed E-state index contributed by atoms with van der Waals surface area (Å²) < 4.78 is 5.29. The molecule has 0 saturated heterocycles. The number of esters is 1. The van der Waals surface area contributed by atoms with Crippen molar-refractivity contribution in [3.63, 3.8) is 0 Å². The first-order valence-corrected chi connectivity index (χ1v) is 7.49. The Bertz CT molecular complexity index is 441. The van der Waals surface area contributed by atoms with Gasteiger partial charge in [0.15, 0.2) is 0 Å². The smallest absolute Gasteiger partial charge is 0.310 e. The van der Waals surface area contributed by atoms with Crippen LogP contribution in [0.2, 0.25) is 0 Å². The number of benzene rings is 1. The second-order valence-corrected chi connectivity index (χ2v) is 5.32. The quantitative estimate of drug-likeness (QED) is 0.557. The van der Waals surface area contributed by atoms with Crippen LogP contribution in [-0.2, 0) is 20.9 Å². The zero-order chi connectivity index (χ0) is 15.7. The van der Waals surface area contributed by atoms with Gasteiger partial charge in [-0.3, -0.25) is 9.59 Å². The summed E-state index contributed by atoms with van der Waals surface area (Å²) in [6.45, 7) is 3.84. The zero-order valence-electron chi connectivity index (χ0n) is 12.7.